The van der Waals surface area contributed by atoms with E-state index in [1.165, 1.54) is 12.8 Å². The summed E-state index contributed by atoms with van der Waals surface area (Å²) in [7, 11) is 0. The van der Waals surface area contributed by atoms with Gasteiger partial charge in [0.1, 0.15) is 0 Å². The summed E-state index contributed by atoms with van der Waals surface area (Å²) in [5.41, 5.74) is 5.55. The van der Waals surface area contributed by atoms with Gasteiger partial charge in [-0.3, -0.25) is 4.99 Å². The third-order valence-corrected chi connectivity index (χ3v) is 1.31. The highest BCUT2D eigenvalue weighted by Crippen LogP contribution is 2.22. The predicted octanol–water partition coefficient (Wildman–Crippen LogP) is 0.461. The Balaban J connectivity index is 2.24. The van der Waals surface area contributed by atoms with Gasteiger partial charge < -0.3 is 11.1 Å². The molecule has 0 aromatic carbocycles. The molecule has 58 valence electrons. The maximum Gasteiger partial charge on any atom is 0.189 e. The molecule has 10 heavy (non-hydrogen) atoms. The molecule has 0 spiro atoms. The van der Waals surface area contributed by atoms with Gasteiger partial charge in [0.15, 0.2) is 5.96 Å². The number of nitrogens with two attached hydrogens (primary N) is 1. The number of nitrogens with zero attached hydrogens (tertiary/aromatic N) is 1. The zero-order valence-electron chi connectivity index (χ0n) is 6.59. The topological polar surface area (TPSA) is 50.4 Å². The summed E-state index contributed by atoms with van der Waals surface area (Å²) >= 11 is 0. The Hall–Kier alpha value is -0.730. The van der Waals surface area contributed by atoms with Crippen molar-refractivity contribution < 1.29 is 0 Å². The first kappa shape index (κ1) is 7.38. The molecule has 0 heterocycles. The van der Waals surface area contributed by atoms with E-state index in [1.54, 1.807) is 0 Å². The van der Waals surface area contributed by atoms with Crippen molar-refractivity contribution in [3.05, 3.63) is 0 Å². The first-order valence-electron chi connectivity index (χ1n) is 3.78. The number of guanidine groups is 1. The average molecular weight is 141 g/mol. The summed E-state index contributed by atoms with van der Waals surface area (Å²) < 4.78 is 0. The van der Waals surface area contributed by atoms with Crippen LogP contribution in [0.5, 0.6) is 0 Å². The van der Waals surface area contributed by atoms with Gasteiger partial charge in [0, 0.05) is 6.04 Å². The van der Waals surface area contributed by atoms with Crippen molar-refractivity contribution >= 4 is 5.96 Å². The Morgan fingerprint density at radius 3 is 2.60 bits per heavy atom. The molecule has 0 aromatic rings. The minimum Gasteiger partial charge on any atom is -0.370 e. The van der Waals surface area contributed by atoms with Gasteiger partial charge in [0.2, 0.25) is 0 Å². The fourth-order valence-corrected chi connectivity index (χ4v) is 0.733. The van der Waals surface area contributed by atoms with Gasteiger partial charge in [-0.1, -0.05) is 0 Å². The number of hydrogen-bond acceptors (Lipinski definition) is 1. The first-order valence-corrected chi connectivity index (χ1v) is 3.78. The van der Waals surface area contributed by atoms with E-state index in [4.69, 9.17) is 5.73 Å². The molecule has 1 aliphatic rings. The predicted molar refractivity (Wildman–Crippen MR) is 42.9 cm³/mol. The van der Waals surface area contributed by atoms with Crippen molar-refractivity contribution in [2.75, 3.05) is 0 Å². The van der Waals surface area contributed by atoms with Gasteiger partial charge in [-0.05, 0) is 26.7 Å². The van der Waals surface area contributed by atoms with Gasteiger partial charge in [-0.25, -0.2) is 0 Å². The Kier molecular flexibility index (Phi) is 2.14. The molecular weight excluding hydrogens is 126 g/mol. The highest BCUT2D eigenvalue weighted by Gasteiger charge is 2.20. The monoisotopic (exact) mass is 141 g/mol. The molecule has 1 aliphatic carbocycles. The highest BCUT2D eigenvalue weighted by atomic mass is 15.1. The zero-order valence-corrected chi connectivity index (χ0v) is 6.59. The third kappa shape index (κ3) is 2.71. The Labute approximate surface area is 61.7 Å². The molecule has 0 atom stereocenters. The Morgan fingerprint density at radius 1 is 1.60 bits per heavy atom. The lowest BCUT2D eigenvalue weighted by atomic mass is 10.4. The van der Waals surface area contributed by atoms with Crippen molar-refractivity contribution in [3.63, 3.8) is 0 Å². The zero-order chi connectivity index (χ0) is 7.56. The molecule has 0 radical (unpaired) electrons. The van der Waals surface area contributed by atoms with Gasteiger partial charge in [-0.2, -0.15) is 0 Å². The van der Waals surface area contributed by atoms with Crippen LogP contribution in [-0.2, 0) is 0 Å². The van der Waals surface area contributed by atoms with Gasteiger partial charge in [0.25, 0.3) is 0 Å². The Morgan fingerprint density at radius 2 is 2.20 bits per heavy atom. The second-order valence-electron chi connectivity index (χ2n) is 3.04. The summed E-state index contributed by atoms with van der Waals surface area (Å²) in [4.78, 5) is 4.21. The molecule has 0 unspecified atom stereocenters. The van der Waals surface area contributed by atoms with E-state index in [1.807, 2.05) is 0 Å². The van der Waals surface area contributed by atoms with Crippen molar-refractivity contribution in [3.8, 4) is 0 Å². The van der Waals surface area contributed by atoms with Crippen LogP contribution in [0.2, 0.25) is 0 Å². The molecule has 0 bridgehead atoms. The second-order valence-corrected chi connectivity index (χ2v) is 3.04. The van der Waals surface area contributed by atoms with E-state index in [9.17, 15) is 0 Å². The molecule has 1 fully saturated rings. The van der Waals surface area contributed by atoms with E-state index in [-0.39, 0.29) is 0 Å². The number of rotatable bonds is 2. The quantitative estimate of drug-likeness (QED) is 0.433. The molecule has 0 aromatic heterocycles. The van der Waals surface area contributed by atoms with Crippen LogP contribution in [0.4, 0.5) is 0 Å². The van der Waals surface area contributed by atoms with Gasteiger partial charge >= 0.3 is 0 Å². The van der Waals surface area contributed by atoms with Crippen LogP contribution < -0.4 is 11.1 Å². The molecule has 1 rings (SSSR count). The molecule has 3 heteroatoms. The number of aliphatic imine (C=N–C) groups is 1. The second kappa shape index (κ2) is 2.90. The normalized spacial score (nSPS) is 19.7. The number of nitrogens with one attached hydrogen (secondary N) is 1. The SMILES string of the molecule is CC(C)NC(N)=NC1CC1. The van der Waals surface area contributed by atoms with Gasteiger partial charge in [0.05, 0.1) is 6.04 Å². The molecule has 0 saturated heterocycles. The molecule has 3 N–H and O–H groups in total. The van der Waals surface area contributed by atoms with Crippen LogP contribution in [0.15, 0.2) is 4.99 Å². The van der Waals surface area contributed by atoms with E-state index in [0.717, 1.165) is 0 Å². The summed E-state index contributed by atoms with van der Waals surface area (Å²) in [6, 6.07) is 0.911. The first-order chi connectivity index (χ1) is 4.68. The standard InChI is InChI=1S/C7H15N3/c1-5(2)9-7(8)10-6-3-4-6/h5-6H,3-4H2,1-2H3,(H3,8,9,10). The molecule has 3 nitrogen and oxygen atoms in total. The fourth-order valence-electron chi connectivity index (χ4n) is 0.733. The molecule has 0 aliphatic heterocycles. The lowest BCUT2D eigenvalue weighted by Crippen LogP contribution is -2.36. The van der Waals surface area contributed by atoms with E-state index >= 15 is 0 Å². The molecule has 0 amide bonds. The van der Waals surface area contributed by atoms with Crippen LogP contribution >= 0.6 is 0 Å². The van der Waals surface area contributed by atoms with Crippen LogP contribution in [-0.4, -0.2) is 18.0 Å². The summed E-state index contributed by atoms with van der Waals surface area (Å²) in [6.07, 6.45) is 2.42. The lowest BCUT2D eigenvalue weighted by molar-refractivity contribution is 0.723. The highest BCUT2D eigenvalue weighted by molar-refractivity contribution is 5.78. The number of hydrogen-bond donors (Lipinski definition) is 2. The summed E-state index contributed by atoms with van der Waals surface area (Å²) in [5.74, 6) is 0.595. The van der Waals surface area contributed by atoms with E-state index < -0.39 is 0 Å². The van der Waals surface area contributed by atoms with E-state index in [0.29, 0.717) is 18.0 Å². The molecule has 1 saturated carbocycles. The van der Waals surface area contributed by atoms with Gasteiger partial charge in [-0.15, -0.1) is 0 Å². The molecular formula is C7H15N3. The smallest absolute Gasteiger partial charge is 0.189 e. The Bertz CT molecular complexity index is 136. The largest absolute Gasteiger partial charge is 0.370 e. The van der Waals surface area contributed by atoms with Crippen LogP contribution in [0.3, 0.4) is 0 Å². The van der Waals surface area contributed by atoms with Crippen molar-refractivity contribution in [2.45, 2.75) is 38.8 Å². The van der Waals surface area contributed by atoms with Crippen molar-refractivity contribution in [1.29, 1.82) is 0 Å². The maximum atomic E-state index is 5.55. The van der Waals surface area contributed by atoms with Crippen LogP contribution in [0.1, 0.15) is 26.7 Å². The average Bonchev–Trinajstić information content (AvgIpc) is 2.46. The van der Waals surface area contributed by atoms with Crippen LogP contribution in [0, 0.1) is 0 Å². The third-order valence-electron chi connectivity index (χ3n) is 1.31. The minimum atomic E-state index is 0.391. The summed E-state index contributed by atoms with van der Waals surface area (Å²) in [6.45, 7) is 4.10. The van der Waals surface area contributed by atoms with Crippen LogP contribution in [0.25, 0.3) is 0 Å². The fraction of sp³-hybridized carbons (Fsp3) is 0.857. The lowest BCUT2D eigenvalue weighted by Gasteiger charge is -2.07. The van der Waals surface area contributed by atoms with E-state index in [2.05, 4.69) is 24.2 Å². The summed E-state index contributed by atoms with van der Waals surface area (Å²) in [5, 5.41) is 3.04. The van der Waals surface area contributed by atoms with Crippen molar-refractivity contribution in [2.24, 2.45) is 10.7 Å². The maximum absolute atomic E-state index is 5.55. The van der Waals surface area contributed by atoms with Crippen molar-refractivity contribution in [1.82, 2.24) is 5.32 Å². The minimum absolute atomic E-state index is 0.391.